The van der Waals surface area contributed by atoms with Gasteiger partial charge in [0.05, 0.1) is 5.01 Å². The number of piperazine rings is 1. The molecule has 2 heterocycles. The van der Waals surface area contributed by atoms with Crippen molar-refractivity contribution in [1.29, 1.82) is 0 Å². The molecule has 0 bridgehead atoms. The molecule has 1 aliphatic rings. The lowest BCUT2D eigenvalue weighted by Gasteiger charge is -2.38. The highest BCUT2D eigenvalue weighted by Crippen LogP contribution is 2.22. The van der Waals surface area contributed by atoms with Crippen molar-refractivity contribution in [3.8, 4) is 0 Å². The van der Waals surface area contributed by atoms with Gasteiger partial charge in [-0.3, -0.25) is 9.69 Å². The first-order valence-electron chi connectivity index (χ1n) is 8.24. The van der Waals surface area contributed by atoms with Crippen LogP contribution in [0.15, 0.2) is 36.5 Å². The predicted octanol–water partition coefficient (Wildman–Crippen LogP) is 1.97. The van der Waals surface area contributed by atoms with Crippen molar-refractivity contribution in [3.63, 3.8) is 0 Å². The van der Waals surface area contributed by atoms with Crippen LogP contribution in [-0.2, 0) is 16.9 Å². The first kappa shape index (κ1) is 17.1. The van der Waals surface area contributed by atoms with E-state index in [1.54, 1.807) is 18.3 Å². The summed E-state index contributed by atoms with van der Waals surface area (Å²) in [5.41, 5.74) is 6.25. The van der Waals surface area contributed by atoms with E-state index in [4.69, 9.17) is 5.73 Å². The van der Waals surface area contributed by atoms with Gasteiger partial charge in [-0.2, -0.15) is 0 Å². The summed E-state index contributed by atoms with van der Waals surface area (Å²) >= 11 is 1.74. The monoisotopic (exact) mass is 344 g/mol. The molecule has 24 heavy (non-hydrogen) atoms. The molecule has 2 N–H and O–H groups in total. The number of aryl methyl sites for hydroxylation is 1. The lowest BCUT2D eigenvalue weighted by atomic mass is 9.91. The summed E-state index contributed by atoms with van der Waals surface area (Å²) in [7, 11) is 0. The van der Waals surface area contributed by atoms with Crippen molar-refractivity contribution >= 4 is 17.2 Å². The summed E-state index contributed by atoms with van der Waals surface area (Å²) in [4.78, 5) is 22.7. The van der Waals surface area contributed by atoms with E-state index in [9.17, 15) is 4.79 Å². The van der Waals surface area contributed by atoms with Crippen LogP contribution >= 0.6 is 11.3 Å². The summed E-state index contributed by atoms with van der Waals surface area (Å²) in [5, 5.41) is 1.10. The van der Waals surface area contributed by atoms with Crippen LogP contribution in [0, 0.1) is 6.92 Å². The van der Waals surface area contributed by atoms with E-state index in [1.165, 1.54) is 4.88 Å². The molecule has 0 saturated carbocycles. The standard InChI is InChI=1S/C18H24N4OS/c1-14-20-12-16(24-14)13-21-8-10-22(11-9-21)17(23)18(2,19)15-6-4-3-5-7-15/h3-7,12H,8-11,13,19H2,1-2H3. The average Bonchev–Trinajstić information content (AvgIpc) is 3.00. The Morgan fingerprint density at radius 2 is 1.92 bits per heavy atom. The minimum Gasteiger partial charge on any atom is -0.338 e. The molecule has 1 amide bonds. The quantitative estimate of drug-likeness (QED) is 0.921. The molecule has 1 saturated heterocycles. The third-order valence-corrected chi connectivity index (χ3v) is 5.42. The number of aromatic nitrogens is 1. The minimum atomic E-state index is -0.974. The summed E-state index contributed by atoms with van der Waals surface area (Å²) in [6.45, 7) is 7.91. The molecule has 1 unspecified atom stereocenters. The molecule has 1 fully saturated rings. The van der Waals surface area contributed by atoms with Crippen molar-refractivity contribution in [3.05, 3.63) is 52.0 Å². The van der Waals surface area contributed by atoms with Crippen LogP contribution in [0.1, 0.15) is 22.4 Å². The highest BCUT2D eigenvalue weighted by atomic mass is 32.1. The maximum Gasteiger partial charge on any atom is 0.247 e. The average molecular weight is 344 g/mol. The van der Waals surface area contributed by atoms with Crippen molar-refractivity contribution in [2.75, 3.05) is 26.2 Å². The van der Waals surface area contributed by atoms with Gasteiger partial charge < -0.3 is 10.6 Å². The van der Waals surface area contributed by atoms with Crippen molar-refractivity contribution < 1.29 is 4.79 Å². The number of thiazole rings is 1. The largest absolute Gasteiger partial charge is 0.338 e. The Kier molecular flexibility index (Phi) is 4.99. The van der Waals surface area contributed by atoms with Crippen LogP contribution in [0.5, 0.6) is 0 Å². The van der Waals surface area contributed by atoms with E-state index < -0.39 is 5.54 Å². The molecular weight excluding hydrogens is 320 g/mol. The fourth-order valence-electron chi connectivity index (χ4n) is 3.04. The lowest BCUT2D eigenvalue weighted by molar-refractivity contribution is -0.138. The second-order valence-corrected chi connectivity index (χ2v) is 7.80. The molecule has 0 radical (unpaired) electrons. The van der Waals surface area contributed by atoms with Crippen LogP contribution < -0.4 is 5.73 Å². The fraction of sp³-hybridized carbons (Fsp3) is 0.444. The number of rotatable bonds is 4. The minimum absolute atomic E-state index is 0.00184. The number of hydrogen-bond donors (Lipinski definition) is 1. The van der Waals surface area contributed by atoms with Crippen LogP contribution in [0.4, 0.5) is 0 Å². The molecule has 1 aromatic carbocycles. The molecule has 1 aliphatic heterocycles. The predicted molar refractivity (Wildman–Crippen MR) is 96.7 cm³/mol. The molecule has 6 heteroatoms. The van der Waals surface area contributed by atoms with Gasteiger partial charge in [-0.05, 0) is 19.4 Å². The SMILES string of the molecule is Cc1ncc(CN2CCN(C(=O)C(C)(N)c3ccccc3)CC2)s1. The van der Waals surface area contributed by atoms with E-state index in [0.717, 1.165) is 43.3 Å². The van der Waals surface area contributed by atoms with E-state index in [-0.39, 0.29) is 5.91 Å². The van der Waals surface area contributed by atoms with Crippen LogP contribution in [-0.4, -0.2) is 46.9 Å². The van der Waals surface area contributed by atoms with Crippen molar-refractivity contribution in [1.82, 2.24) is 14.8 Å². The summed E-state index contributed by atoms with van der Waals surface area (Å²) in [6.07, 6.45) is 1.95. The highest BCUT2D eigenvalue weighted by molar-refractivity contribution is 7.11. The van der Waals surface area contributed by atoms with Crippen LogP contribution in [0.25, 0.3) is 0 Å². The maximum atomic E-state index is 12.9. The number of nitrogens with two attached hydrogens (primary N) is 1. The van der Waals surface area contributed by atoms with Gasteiger partial charge in [0, 0.05) is 43.8 Å². The zero-order valence-corrected chi connectivity index (χ0v) is 15.1. The van der Waals surface area contributed by atoms with Gasteiger partial charge in [0.1, 0.15) is 5.54 Å². The first-order valence-corrected chi connectivity index (χ1v) is 9.06. The number of carbonyl (C=O) groups is 1. The topological polar surface area (TPSA) is 62.5 Å². The second-order valence-electron chi connectivity index (χ2n) is 6.48. The number of nitrogens with zero attached hydrogens (tertiary/aromatic N) is 3. The molecule has 1 atom stereocenters. The Labute approximate surface area is 147 Å². The zero-order valence-electron chi connectivity index (χ0n) is 14.2. The Morgan fingerprint density at radius 1 is 1.25 bits per heavy atom. The van der Waals surface area contributed by atoms with Gasteiger partial charge in [0.15, 0.2) is 0 Å². The molecule has 128 valence electrons. The molecule has 0 aliphatic carbocycles. The maximum absolute atomic E-state index is 12.9. The summed E-state index contributed by atoms with van der Waals surface area (Å²) in [6, 6.07) is 9.61. The summed E-state index contributed by atoms with van der Waals surface area (Å²) in [5.74, 6) is 0.00184. The Morgan fingerprint density at radius 3 is 2.50 bits per heavy atom. The molecule has 3 rings (SSSR count). The third kappa shape index (κ3) is 3.66. The highest BCUT2D eigenvalue weighted by Gasteiger charge is 2.35. The molecule has 0 spiro atoms. The number of carbonyl (C=O) groups excluding carboxylic acids is 1. The van der Waals surface area contributed by atoms with E-state index in [1.807, 2.05) is 48.4 Å². The van der Waals surface area contributed by atoms with Gasteiger partial charge in [0.25, 0.3) is 0 Å². The van der Waals surface area contributed by atoms with Crippen LogP contribution in [0.3, 0.4) is 0 Å². The van der Waals surface area contributed by atoms with Gasteiger partial charge in [0.2, 0.25) is 5.91 Å². The second kappa shape index (κ2) is 7.01. The Bertz CT molecular complexity index is 690. The molecule has 1 aromatic heterocycles. The Balaban J connectivity index is 1.59. The number of benzene rings is 1. The van der Waals surface area contributed by atoms with E-state index >= 15 is 0 Å². The van der Waals surface area contributed by atoms with Gasteiger partial charge in [-0.1, -0.05) is 30.3 Å². The molecule has 2 aromatic rings. The molecule has 5 nitrogen and oxygen atoms in total. The first-order chi connectivity index (χ1) is 11.5. The van der Waals surface area contributed by atoms with E-state index in [0.29, 0.717) is 0 Å². The number of amides is 1. The fourth-order valence-corrected chi connectivity index (χ4v) is 3.88. The third-order valence-electron chi connectivity index (χ3n) is 4.53. The van der Waals surface area contributed by atoms with Gasteiger partial charge in [-0.15, -0.1) is 11.3 Å². The normalized spacial score (nSPS) is 18.4. The van der Waals surface area contributed by atoms with Gasteiger partial charge in [-0.25, -0.2) is 4.98 Å². The molecular formula is C18H24N4OS. The van der Waals surface area contributed by atoms with Gasteiger partial charge >= 0.3 is 0 Å². The number of hydrogen-bond acceptors (Lipinski definition) is 5. The zero-order chi connectivity index (χ0) is 17.2. The summed E-state index contributed by atoms with van der Waals surface area (Å²) < 4.78 is 0. The van der Waals surface area contributed by atoms with Crippen LogP contribution in [0.2, 0.25) is 0 Å². The smallest absolute Gasteiger partial charge is 0.247 e. The van der Waals surface area contributed by atoms with Crippen molar-refractivity contribution in [2.24, 2.45) is 5.73 Å². The van der Waals surface area contributed by atoms with Crippen molar-refractivity contribution in [2.45, 2.75) is 25.9 Å². The lowest BCUT2D eigenvalue weighted by Crippen LogP contribution is -2.56. The van der Waals surface area contributed by atoms with E-state index in [2.05, 4.69) is 9.88 Å². The Hall–Kier alpha value is -1.76.